The lowest BCUT2D eigenvalue weighted by atomic mass is 10.2. The van der Waals surface area contributed by atoms with Gasteiger partial charge in [0.05, 0.1) is 24.8 Å². The highest BCUT2D eigenvalue weighted by molar-refractivity contribution is 7.91. The standard InChI is InChI=1S/C16H21N5O3S/c1-3-21(13-7-8-25(22,23)11-13)15-10-17-20-16(19-15)18-12-5-4-6-14(9-12)24-2/h4-6,9-10,13H,3,7-8,11H2,1-2H3,(H,18,19,20). The van der Waals surface area contributed by atoms with Crippen molar-refractivity contribution in [2.75, 3.05) is 35.4 Å². The van der Waals surface area contributed by atoms with Crippen LogP contribution in [-0.4, -0.2) is 54.8 Å². The van der Waals surface area contributed by atoms with Crippen LogP contribution in [0.2, 0.25) is 0 Å². The fraction of sp³-hybridized carbons (Fsp3) is 0.438. The molecule has 0 amide bonds. The van der Waals surface area contributed by atoms with E-state index in [4.69, 9.17) is 4.74 Å². The molecule has 8 nitrogen and oxygen atoms in total. The number of sulfone groups is 1. The molecule has 1 N–H and O–H groups in total. The average Bonchev–Trinajstić information content (AvgIpc) is 2.96. The molecular weight excluding hydrogens is 342 g/mol. The summed E-state index contributed by atoms with van der Waals surface area (Å²) in [5.74, 6) is 2.07. The van der Waals surface area contributed by atoms with Gasteiger partial charge in [0.25, 0.3) is 0 Å². The quantitative estimate of drug-likeness (QED) is 0.827. The highest BCUT2D eigenvalue weighted by Gasteiger charge is 2.32. The lowest BCUT2D eigenvalue weighted by Gasteiger charge is -2.27. The molecule has 2 heterocycles. The van der Waals surface area contributed by atoms with E-state index in [9.17, 15) is 8.42 Å². The lowest BCUT2D eigenvalue weighted by molar-refractivity contribution is 0.415. The molecule has 1 atom stereocenters. The van der Waals surface area contributed by atoms with Crippen molar-refractivity contribution in [3.63, 3.8) is 0 Å². The summed E-state index contributed by atoms with van der Waals surface area (Å²) in [4.78, 5) is 6.46. The summed E-state index contributed by atoms with van der Waals surface area (Å²) in [7, 11) is -1.36. The maximum atomic E-state index is 11.8. The number of hydrogen-bond acceptors (Lipinski definition) is 8. The van der Waals surface area contributed by atoms with E-state index >= 15 is 0 Å². The Morgan fingerprint density at radius 2 is 2.24 bits per heavy atom. The van der Waals surface area contributed by atoms with Crippen molar-refractivity contribution in [3.8, 4) is 5.75 Å². The summed E-state index contributed by atoms with van der Waals surface area (Å²) in [6.07, 6.45) is 2.17. The van der Waals surface area contributed by atoms with Crippen molar-refractivity contribution >= 4 is 27.3 Å². The smallest absolute Gasteiger partial charge is 0.249 e. The Morgan fingerprint density at radius 3 is 2.92 bits per heavy atom. The summed E-state index contributed by atoms with van der Waals surface area (Å²) in [6, 6.07) is 7.34. The van der Waals surface area contributed by atoms with Crippen LogP contribution in [0.15, 0.2) is 30.5 Å². The maximum absolute atomic E-state index is 11.8. The second kappa shape index (κ2) is 7.22. The third kappa shape index (κ3) is 4.16. The first-order valence-corrected chi connectivity index (χ1v) is 9.91. The highest BCUT2D eigenvalue weighted by atomic mass is 32.2. The van der Waals surface area contributed by atoms with Gasteiger partial charge in [-0.25, -0.2) is 8.42 Å². The second-order valence-electron chi connectivity index (χ2n) is 5.84. The van der Waals surface area contributed by atoms with E-state index in [2.05, 4.69) is 20.5 Å². The van der Waals surface area contributed by atoms with E-state index in [0.717, 1.165) is 11.4 Å². The van der Waals surface area contributed by atoms with Crippen molar-refractivity contribution < 1.29 is 13.2 Å². The molecule has 3 rings (SSSR count). The van der Waals surface area contributed by atoms with E-state index in [1.807, 2.05) is 36.1 Å². The number of nitrogens with one attached hydrogen (secondary N) is 1. The van der Waals surface area contributed by atoms with Gasteiger partial charge >= 0.3 is 0 Å². The Balaban J connectivity index is 1.80. The molecule has 1 aliphatic heterocycles. The number of methoxy groups -OCH3 is 1. The van der Waals surface area contributed by atoms with Gasteiger partial charge in [-0.15, -0.1) is 5.10 Å². The maximum Gasteiger partial charge on any atom is 0.249 e. The highest BCUT2D eigenvalue weighted by Crippen LogP contribution is 2.24. The zero-order chi connectivity index (χ0) is 17.9. The summed E-state index contributed by atoms with van der Waals surface area (Å²) < 4.78 is 28.7. The molecule has 0 bridgehead atoms. The Morgan fingerprint density at radius 1 is 1.40 bits per heavy atom. The van der Waals surface area contributed by atoms with Crippen LogP contribution in [0.25, 0.3) is 0 Å². The first kappa shape index (κ1) is 17.4. The summed E-state index contributed by atoms with van der Waals surface area (Å²) in [5.41, 5.74) is 0.782. The molecule has 9 heteroatoms. The summed E-state index contributed by atoms with van der Waals surface area (Å²) >= 11 is 0. The minimum absolute atomic E-state index is 0.0728. The molecule has 1 aromatic carbocycles. The number of rotatable bonds is 6. The minimum atomic E-state index is -2.96. The van der Waals surface area contributed by atoms with Gasteiger partial charge in [0.1, 0.15) is 5.75 Å². The van der Waals surface area contributed by atoms with E-state index < -0.39 is 9.84 Å². The van der Waals surface area contributed by atoms with Gasteiger partial charge in [-0.3, -0.25) is 0 Å². The molecule has 0 aliphatic carbocycles. The van der Waals surface area contributed by atoms with Gasteiger partial charge in [0.15, 0.2) is 15.7 Å². The molecule has 0 saturated carbocycles. The number of hydrogen-bond donors (Lipinski definition) is 1. The van der Waals surface area contributed by atoms with Crippen molar-refractivity contribution in [1.82, 2.24) is 15.2 Å². The average molecular weight is 363 g/mol. The van der Waals surface area contributed by atoms with Crippen LogP contribution < -0.4 is 15.0 Å². The molecule has 25 heavy (non-hydrogen) atoms. The topological polar surface area (TPSA) is 97.3 Å². The monoisotopic (exact) mass is 363 g/mol. The van der Waals surface area contributed by atoms with Crippen LogP contribution in [0.1, 0.15) is 13.3 Å². The Bertz CT molecular complexity index is 843. The SMILES string of the molecule is CCN(c1cnnc(Nc2cccc(OC)c2)n1)C1CCS(=O)(=O)C1. The van der Waals surface area contributed by atoms with Crippen LogP contribution >= 0.6 is 0 Å². The molecule has 1 unspecified atom stereocenters. The predicted octanol–water partition coefficient (Wildman–Crippen LogP) is 1.64. The number of ether oxygens (including phenoxy) is 1. The zero-order valence-corrected chi connectivity index (χ0v) is 15.0. The van der Waals surface area contributed by atoms with Crippen LogP contribution in [0.5, 0.6) is 5.75 Å². The molecule has 1 aliphatic rings. The minimum Gasteiger partial charge on any atom is -0.497 e. The number of benzene rings is 1. The molecule has 134 valence electrons. The Labute approximate surface area is 147 Å². The van der Waals surface area contributed by atoms with Crippen molar-refractivity contribution in [1.29, 1.82) is 0 Å². The van der Waals surface area contributed by atoms with E-state index in [1.165, 1.54) is 0 Å². The number of nitrogens with zero attached hydrogens (tertiary/aromatic N) is 4. The summed E-state index contributed by atoms with van der Waals surface area (Å²) in [5, 5.41) is 11.1. The van der Waals surface area contributed by atoms with Crippen molar-refractivity contribution in [3.05, 3.63) is 30.5 Å². The molecule has 2 aromatic rings. The van der Waals surface area contributed by atoms with Crippen LogP contribution in [-0.2, 0) is 9.84 Å². The number of anilines is 3. The third-order valence-corrected chi connectivity index (χ3v) is 5.91. The molecule has 0 spiro atoms. The second-order valence-corrected chi connectivity index (χ2v) is 8.07. The lowest BCUT2D eigenvalue weighted by Crippen LogP contribution is -2.37. The van der Waals surface area contributed by atoms with Gasteiger partial charge in [-0.05, 0) is 25.5 Å². The van der Waals surface area contributed by atoms with E-state index in [-0.39, 0.29) is 17.5 Å². The van der Waals surface area contributed by atoms with Crippen molar-refractivity contribution in [2.45, 2.75) is 19.4 Å². The van der Waals surface area contributed by atoms with Crippen LogP contribution in [0.3, 0.4) is 0 Å². The van der Waals surface area contributed by atoms with Gasteiger partial charge in [0, 0.05) is 24.3 Å². The largest absolute Gasteiger partial charge is 0.497 e. The normalized spacial score (nSPS) is 18.7. The van der Waals surface area contributed by atoms with Gasteiger partial charge in [0.2, 0.25) is 5.95 Å². The number of aromatic nitrogens is 3. The van der Waals surface area contributed by atoms with Crippen LogP contribution in [0, 0.1) is 0 Å². The molecule has 1 fully saturated rings. The molecule has 1 saturated heterocycles. The van der Waals surface area contributed by atoms with Crippen molar-refractivity contribution in [2.24, 2.45) is 0 Å². The molecule has 0 radical (unpaired) electrons. The van der Waals surface area contributed by atoms with Gasteiger partial charge in [-0.2, -0.15) is 10.1 Å². The van der Waals surface area contributed by atoms with E-state index in [0.29, 0.717) is 24.7 Å². The summed E-state index contributed by atoms with van der Waals surface area (Å²) in [6.45, 7) is 2.62. The fourth-order valence-electron chi connectivity index (χ4n) is 2.94. The Hall–Kier alpha value is -2.42. The molecule has 1 aromatic heterocycles. The zero-order valence-electron chi connectivity index (χ0n) is 14.2. The molecular formula is C16H21N5O3S. The fourth-order valence-corrected chi connectivity index (χ4v) is 4.68. The van der Waals surface area contributed by atoms with E-state index in [1.54, 1.807) is 13.3 Å². The predicted molar refractivity (Wildman–Crippen MR) is 96.2 cm³/mol. The van der Waals surface area contributed by atoms with Gasteiger partial charge < -0.3 is 15.0 Å². The van der Waals surface area contributed by atoms with Crippen LogP contribution in [0.4, 0.5) is 17.5 Å². The van der Waals surface area contributed by atoms with Gasteiger partial charge in [-0.1, -0.05) is 6.07 Å². The third-order valence-electron chi connectivity index (χ3n) is 4.16. The Kier molecular flexibility index (Phi) is 5.03. The first-order chi connectivity index (χ1) is 12.0. The first-order valence-electron chi connectivity index (χ1n) is 8.08.